The molecule has 1 aromatic carbocycles. The second-order valence-electron chi connectivity index (χ2n) is 4.22. The molecule has 5 heteroatoms. The number of carboxylic acids is 1. The van der Waals surface area contributed by atoms with Crippen molar-refractivity contribution in [2.24, 2.45) is 0 Å². The van der Waals surface area contributed by atoms with E-state index in [1.54, 1.807) is 12.1 Å². The minimum absolute atomic E-state index is 0.0688. The standard InChI is InChI=1S/C14H18FNO3/c1-2-16(12-7-5-6-11(15)10-12)13(17)8-3-4-9-14(18)19/h5-7,10H,2-4,8-9H2,1H3,(H,18,19). The van der Waals surface area contributed by atoms with E-state index in [1.165, 1.54) is 17.0 Å². The van der Waals surface area contributed by atoms with Gasteiger partial charge in [-0.15, -0.1) is 0 Å². The summed E-state index contributed by atoms with van der Waals surface area (Å²) < 4.78 is 13.1. The Labute approximate surface area is 111 Å². The van der Waals surface area contributed by atoms with Gasteiger partial charge in [-0.05, 0) is 38.0 Å². The van der Waals surface area contributed by atoms with Crippen molar-refractivity contribution in [2.45, 2.75) is 32.6 Å². The van der Waals surface area contributed by atoms with Gasteiger partial charge in [0.2, 0.25) is 5.91 Å². The molecule has 0 bridgehead atoms. The fraction of sp³-hybridized carbons (Fsp3) is 0.429. The van der Waals surface area contributed by atoms with Gasteiger partial charge in [0, 0.05) is 25.1 Å². The van der Waals surface area contributed by atoms with Gasteiger partial charge in [-0.1, -0.05) is 6.07 Å². The van der Waals surface area contributed by atoms with Crippen molar-refractivity contribution in [3.8, 4) is 0 Å². The number of nitrogens with zero attached hydrogens (tertiary/aromatic N) is 1. The SMILES string of the molecule is CCN(C(=O)CCCCC(=O)O)c1cccc(F)c1. The molecule has 0 aliphatic rings. The lowest BCUT2D eigenvalue weighted by Gasteiger charge is -2.21. The van der Waals surface area contributed by atoms with E-state index >= 15 is 0 Å². The van der Waals surface area contributed by atoms with Crippen molar-refractivity contribution in [3.05, 3.63) is 30.1 Å². The lowest BCUT2D eigenvalue weighted by molar-refractivity contribution is -0.137. The summed E-state index contributed by atoms with van der Waals surface area (Å²) in [4.78, 5) is 23.8. The topological polar surface area (TPSA) is 57.6 Å². The van der Waals surface area contributed by atoms with Crippen molar-refractivity contribution in [3.63, 3.8) is 0 Å². The van der Waals surface area contributed by atoms with E-state index in [1.807, 2.05) is 6.92 Å². The van der Waals surface area contributed by atoms with E-state index in [-0.39, 0.29) is 24.6 Å². The normalized spacial score (nSPS) is 10.2. The average Bonchev–Trinajstić information content (AvgIpc) is 2.35. The summed E-state index contributed by atoms with van der Waals surface area (Å²) in [6.45, 7) is 2.28. The highest BCUT2D eigenvalue weighted by Crippen LogP contribution is 2.17. The number of halogens is 1. The Kier molecular flexibility index (Phi) is 5.99. The molecule has 0 aromatic heterocycles. The third-order valence-electron chi connectivity index (χ3n) is 2.77. The quantitative estimate of drug-likeness (QED) is 0.773. The van der Waals surface area contributed by atoms with Crippen molar-refractivity contribution in [1.29, 1.82) is 0 Å². The first-order valence-corrected chi connectivity index (χ1v) is 6.32. The van der Waals surface area contributed by atoms with Crippen LogP contribution in [0.25, 0.3) is 0 Å². The molecule has 0 saturated heterocycles. The van der Waals surface area contributed by atoms with E-state index in [2.05, 4.69) is 0 Å². The zero-order chi connectivity index (χ0) is 14.3. The number of carboxylic acid groups (broad SMARTS) is 1. The summed E-state index contributed by atoms with van der Waals surface area (Å²) in [7, 11) is 0. The average molecular weight is 267 g/mol. The molecule has 0 aliphatic heterocycles. The third-order valence-corrected chi connectivity index (χ3v) is 2.77. The van der Waals surface area contributed by atoms with Gasteiger partial charge in [-0.2, -0.15) is 0 Å². The highest BCUT2D eigenvalue weighted by Gasteiger charge is 2.14. The molecule has 19 heavy (non-hydrogen) atoms. The van der Waals surface area contributed by atoms with Crippen LogP contribution in [0.15, 0.2) is 24.3 Å². The van der Waals surface area contributed by atoms with Gasteiger partial charge < -0.3 is 10.0 Å². The molecular weight excluding hydrogens is 249 g/mol. The summed E-state index contributed by atoms with van der Waals surface area (Å²) in [6, 6.07) is 5.89. The van der Waals surface area contributed by atoms with Crippen molar-refractivity contribution in [1.82, 2.24) is 0 Å². The first-order chi connectivity index (χ1) is 9.04. The highest BCUT2D eigenvalue weighted by molar-refractivity contribution is 5.93. The highest BCUT2D eigenvalue weighted by atomic mass is 19.1. The minimum Gasteiger partial charge on any atom is -0.481 e. The Morgan fingerprint density at radius 3 is 2.53 bits per heavy atom. The number of hydrogen-bond donors (Lipinski definition) is 1. The van der Waals surface area contributed by atoms with Crippen LogP contribution >= 0.6 is 0 Å². The maximum absolute atomic E-state index is 13.1. The molecular formula is C14H18FNO3. The maximum Gasteiger partial charge on any atom is 0.303 e. The molecule has 0 fully saturated rings. The molecule has 104 valence electrons. The van der Waals surface area contributed by atoms with Crippen LogP contribution in [0, 0.1) is 5.82 Å². The fourth-order valence-corrected chi connectivity index (χ4v) is 1.83. The number of carbonyl (C=O) groups is 2. The van der Waals surface area contributed by atoms with Gasteiger partial charge in [0.25, 0.3) is 0 Å². The van der Waals surface area contributed by atoms with Crippen LogP contribution in [-0.4, -0.2) is 23.5 Å². The van der Waals surface area contributed by atoms with Gasteiger partial charge in [0.05, 0.1) is 0 Å². The molecule has 0 aliphatic carbocycles. The number of unbranched alkanes of at least 4 members (excludes halogenated alkanes) is 1. The van der Waals surface area contributed by atoms with E-state index in [0.29, 0.717) is 25.1 Å². The number of anilines is 1. The summed E-state index contributed by atoms with van der Waals surface area (Å²) >= 11 is 0. The van der Waals surface area contributed by atoms with Gasteiger partial charge in [-0.25, -0.2) is 4.39 Å². The molecule has 4 nitrogen and oxygen atoms in total. The number of rotatable bonds is 7. The molecule has 0 saturated carbocycles. The number of aliphatic carboxylic acids is 1. The van der Waals surface area contributed by atoms with Crippen LogP contribution in [0.2, 0.25) is 0 Å². The summed E-state index contributed by atoms with van der Waals surface area (Å²) in [5.74, 6) is -1.35. The zero-order valence-electron chi connectivity index (χ0n) is 10.9. The Balaban J connectivity index is 2.55. The van der Waals surface area contributed by atoms with Gasteiger partial charge in [0.15, 0.2) is 0 Å². The molecule has 0 unspecified atom stereocenters. The Bertz CT molecular complexity index is 448. The van der Waals surface area contributed by atoms with Crippen LogP contribution in [0.3, 0.4) is 0 Å². The lowest BCUT2D eigenvalue weighted by Crippen LogP contribution is -2.30. The predicted molar refractivity (Wildman–Crippen MR) is 70.5 cm³/mol. The molecule has 0 radical (unpaired) electrons. The molecule has 1 rings (SSSR count). The fourth-order valence-electron chi connectivity index (χ4n) is 1.83. The largest absolute Gasteiger partial charge is 0.481 e. The number of amides is 1. The van der Waals surface area contributed by atoms with Crippen LogP contribution in [0.4, 0.5) is 10.1 Å². The van der Waals surface area contributed by atoms with E-state index < -0.39 is 5.97 Å². The third kappa shape index (κ3) is 5.07. The molecule has 0 atom stereocenters. The summed E-state index contributed by atoms with van der Waals surface area (Å²) in [5, 5.41) is 8.51. The lowest BCUT2D eigenvalue weighted by atomic mass is 10.1. The molecule has 1 aromatic rings. The number of benzene rings is 1. The smallest absolute Gasteiger partial charge is 0.303 e. The monoisotopic (exact) mass is 267 g/mol. The second-order valence-corrected chi connectivity index (χ2v) is 4.22. The number of carbonyl (C=O) groups excluding carboxylic acids is 1. The van der Waals surface area contributed by atoms with Crippen molar-refractivity contribution in [2.75, 3.05) is 11.4 Å². The first kappa shape index (κ1) is 15.1. The van der Waals surface area contributed by atoms with Gasteiger partial charge in [-0.3, -0.25) is 9.59 Å². The Morgan fingerprint density at radius 2 is 1.95 bits per heavy atom. The zero-order valence-corrected chi connectivity index (χ0v) is 10.9. The Hall–Kier alpha value is -1.91. The molecule has 1 N–H and O–H groups in total. The molecule has 0 spiro atoms. The van der Waals surface area contributed by atoms with Crippen LogP contribution in [0.5, 0.6) is 0 Å². The first-order valence-electron chi connectivity index (χ1n) is 6.32. The van der Waals surface area contributed by atoms with Crippen molar-refractivity contribution >= 4 is 17.6 Å². The molecule has 0 heterocycles. The summed E-state index contributed by atoms with van der Waals surface area (Å²) in [5.41, 5.74) is 0.533. The minimum atomic E-state index is -0.857. The Morgan fingerprint density at radius 1 is 1.26 bits per heavy atom. The van der Waals surface area contributed by atoms with Crippen LogP contribution < -0.4 is 4.90 Å². The van der Waals surface area contributed by atoms with Crippen LogP contribution in [0.1, 0.15) is 32.6 Å². The predicted octanol–water partition coefficient (Wildman–Crippen LogP) is 2.82. The van der Waals surface area contributed by atoms with E-state index in [4.69, 9.17) is 5.11 Å². The van der Waals surface area contributed by atoms with Crippen LogP contribution in [-0.2, 0) is 9.59 Å². The van der Waals surface area contributed by atoms with Gasteiger partial charge >= 0.3 is 5.97 Å². The van der Waals surface area contributed by atoms with E-state index in [0.717, 1.165) is 0 Å². The maximum atomic E-state index is 13.1. The molecule has 1 amide bonds. The summed E-state index contributed by atoms with van der Waals surface area (Å²) in [6.07, 6.45) is 1.34. The van der Waals surface area contributed by atoms with Crippen molar-refractivity contribution < 1.29 is 19.1 Å². The second kappa shape index (κ2) is 7.51. The number of hydrogen-bond acceptors (Lipinski definition) is 2. The van der Waals surface area contributed by atoms with E-state index in [9.17, 15) is 14.0 Å². The van der Waals surface area contributed by atoms with Gasteiger partial charge in [0.1, 0.15) is 5.82 Å².